The van der Waals surface area contributed by atoms with E-state index in [1.165, 1.54) is 0 Å². The molecule has 1 heterocycles. The summed E-state index contributed by atoms with van der Waals surface area (Å²) in [5.74, 6) is 0.433. The number of benzene rings is 2. The number of aromatic nitrogens is 1. The Balaban J connectivity index is 1.56. The van der Waals surface area contributed by atoms with Gasteiger partial charge in [-0.2, -0.15) is 0 Å². The summed E-state index contributed by atoms with van der Waals surface area (Å²) in [5.41, 5.74) is 2.22. The minimum atomic E-state index is -0.799. The highest BCUT2D eigenvalue weighted by atomic mass is 16.5. The average molecular weight is 336 g/mol. The topological polar surface area (TPSA) is 71.5 Å². The fourth-order valence-corrected chi connectivity index (χ4v) is 2.55. The third-order valence-electron chi connectivity index (χ3n) is 3.81. The van der Waals surface area contributed by atoms with Gasteiger partial charge in [0.2, 0.25) is 0 Å². The summed E-state index contributed by atoms with van der Waals surface area (Å²) >= 11 is 0. The number of hydrogen-bond acceptors (Lipinski definition) is 4. The first-order valence-electron chi connectivity index (χ1n) is 8.13. The monoisotopic (exact) mass is 336 g/mol. The van der Waals surface area contributed by atoms with Crippen LogP contribution in [0.1, 0.15) is 15.9 Å². The number of pyridine rings is 1. The summed E-state index contributed by atoms with van der Waals surface area (Å²) in [6.45, 7) is 2.19. The first kappa shape index (κ1) is 16.9. The third kappa shape index (κ3) is 4.33. The molecule has 1 aromatic heterocycles. The molecular weight excluding hydrogens is 316 g/mol. The summed E-state index contributed by atoms with van der Waals surface area (Å²) in [4.78, 5) is 16.6. The Bertz CT molecular complexity index is 874. The normalized spacial score (nSPS) is 11.9. The lowest BCUT2D eigenvalue weighted by Gasteiger charge is -2.14. The Labute approximate surface area is 146 Å². The highest BCUT2D eigenvalue weighted by Gasteiger charge is 2.13. The molecule has 128 valence electrons. The van der Waals surface area contributed by atoms with Crippen LogP contribution in [0.5, 0.6) is 5.75 Å². The number of ether oxygens (including phenoxy) is 1. The van der Waals surface area contributed by atoms with Crippen molar-refractivity contribution in [3.63, 3.8) is 0 Å². The molecule has 0 bridgehead atoms. The average Bonchev–Trinajstić information content (AvgIpc) is 2.64. The standard InChI is InChI=1S/C20H20N2O3/c1-14-5-2-8-17(11-14)25-13-16(23)12-22-20(24)18-9-3-6-15-7-4-10-21-19(15)18/h2-11,16,23H,12-13H2,1H3,(H,22,24)/t16-/m0/s1. The van der Waals surface area contributed by atoms with E-state index in [4.69, 9.17) is 4.74 Å². The molecule has 5 nitrogen and oxygen atoms in total. The number of aliphatic hydroxyl groups is 1. The lowest BCUT2D eigenvalue weighted by atomic mass is 10.1. The van der Waals surface area contributed by atoms with Gasteiger partial charge in [0.25, 0.3) is 5.91 Å². The Morgan fingerprint density at radius 2 is 2.00 bits per heavy atom. The van der Waals surface area contributed by atoms with E-state index in [0.29, 0.717) is 16.8 Å². The van der Waals surface area contributed by atoms with Crippen molar-refractivity contribution >= 4 is 16.8 Å². The van der Waals surface area contributed by atoms with Crippen molar-refractivity contribution in [1.82, 2.24) is 10.3 Å². The summed E-state index contributed by atoms with van der Waals surface area (Å²) in [5, 5.41) is 13.7. The third-order valence-corrected chi connectivity index (χ3v) is 3.81. The van der Waals surface area contributed by atoms with E-state index in [1.54, 1.807) is 12.3 Å². The van der Waals surface area contributed by atoms with Gasteiger partial charge in [0.15, 0.2) is 0 Å². The second-order valence-electron chi connectivity index (χ2n) is 5.87. The van der Waals surface area contributed by atoms with Crippen molar-refractivity contribution in [2.24, 2.45) is 0 Å². The lowest BCUT2D eigenvalue weighted by molar-refractivity contribution is 0.0845. The van der Waals surface area contributed by atoms with Gasteiger partial charge in [-0.05, 0) is 36.8 Å². The maximum Gasteiger partial charge on any atom is 0.253 e. The molecular formula is C20H20N2O3. The molecule has 25 heavy (non-hydrogen) atoms. The van der Waals surface area contributed by atoms with E-state index in [9.17, 15) is 9.90 Å². The van der Waals surface area contributed by atoms with Crippen molar-refractivity contribution in [3.8, 4) is 5.75 Å². The zero-order valence-corrected chi connectivity index (χ0v) is 14.0. The van der Waals surface area contributed by atoms with Crippen molar-refractivity contribution < 1.29 is 14.6 Å². The van der Waals surface area contributed by atoms with Gasteiger partial charge in [0.1, 0.15) is 18.5 Å². The molecule has 2 aromatic carbocycles. The molecule has 2 N–H and O–H groups in total. The number of fused-ring (bicyclic) bond motifs is 1. The van der Waals surface area contributed by atoms with Crippen molar-refractivity contribution in [1.29, 1.82) is 0 Å². The van der Waals surface area contributed by atoms with Gasteiger partial charge in [-0.15, -0.1) is 0 Å². The largest absolute Gasteiger partial charge is 0.491 e. The summed E-state index contributed by atoms with van der Waals surface area (Å²) < 4.78 is 5.54. The van der Waals surface area contributed by atoms with E-state index < -0.39 is 6.10 Å². The predicted molar refractivity (Wildman–Crippen MR) is 96.8 cm³/mol. The number of rotatable bonds is 6. The zero-order valence-electron chi connectivity index (χ0n) is 14.0. The van der Waals surface area contributed by atoms with Gasteiger partial charge in [-0.1, -0.05) is 30.3 Å². The number of carbonyl (C=O) groups excluding carboxylic acids is 1. The highest BCUT2D eigenvalue weighted by Crippen LogP contribution is 2.16. The molecule has 0 aliphatic heterocycles. The van der Waals surface area contributed by atoms with Crippen LogP contribution in [0.3, 0.4) is 0 Å². The van der Waals surface area contributed by atoms with E-state index in [2.05, 4.69) is 10.3 Å². The number of nitrogens with zero attached hydrogens (tertiary/aromatic N) is 1. The summed E-state index contributed by atoms with van der Waals surface area (Å²) in [6.07, 6.45) is 0.858. The number of carbonyl (C=O) groups is 1. The number of nitrogens with one attached hydrogen (secondary N) is 1. The second-order valence-corrected chi connectivity index (χ2v) is 5.87. The molecule has 0 aliphatic rings. The maximum absolute atomic E-state index is 12.4. The molecule has 1 amide bonds. The van der Waals surface area contributed by atoms with E-state index in [-0.39, 0.29) is 19.1 Å². The minimum Gasteiger partial charge on any atom is -0.491 e. The highest BCUT2D eigenvalue weighted by molar-refractivity contribution is 6.05. The fraction of sp³-hybridized carbons (Fsp3) is 0.200. The van der Waals surface area contributed by atoms with Crippen LogP contribution in [0.25, 0.3) is 10.9 Å². The number of hydrogen-bond donors (Lipinski definition) is 2. The minimum absolute atomic E-state index is 0.105. The van der Waals surface area contributed by atoms with Crippen LogP contribution >= 0.6 is 0 Å². The van der Waals surface area contributed by atoms with Gasteiger partial charge in [-0.25, -0.2) is 0 Å². The fourth-order valence-electron chi connectivity index (χ4n) is 2.55. The smallest absolute Gasteiger partial charge is 0.253 e. The molecule has 0 spiro atoms. The summed E-state index contributed by atoms with van der Waals surface area (Å²) in [6, 6.07) is 16.8. The van der Waals surface area contributed by atoms with Gasteiger partial charge in [0, 0.05) is 18.1 Å². The number of amides is 1. The predicted octanol–water partition coefficient (Wildman–Crippen LogP) is 2.71. The molecule has 0 radical (unpaired) electrons. The quantitative estimate of drug-likeness (QED) is 0.726. The first-order chi connectivity index (χ1) is 12.1. The lowest BCUT2D eigenvalue weighted by Crippen LogP contribution is -2.35. The van der Waals surface area contributed by atoms with Crippen molar-refractivity contribution in [3.05, 3.63) is 71.9 Å². The second kappa shape index (κ2) is 7.77. The van der Waals surface area contributed by atoms with Crippen LogP contribution < -0.4 is 10.1 Å². The Kier molecular flexibility index (Phi) is 5.26. The number of para-hydroxylation sites is 1. The molecule has 1 atom stereocenters. The molecule has 3 aromatic rings. The van der Waals surface area contributed by atoms with Crippen LogP contribution in [-0.2, 0) is 0 Å². The van der Waals surface area contributed by atoms with Gasteiger partial charge in [0.05, 0.1) is 11.1 Å². The Morgan fingerprint density at radius 1 is 1.20 bits per heavy atom. The molecule has 0 unspecified atom stereocenters. The molecule has 0 saturated heterocycles. The van der Waals surface area contributed by atoms with Crippen molar-refractivity contribution in [2.75, 3.05) is 13.2 Å². The molecule has 0 aliphatic carbocycles. The molecule has 0 fully saturated rings. The van der Waals surface area contributed by atoms with Crippen LogP contribution in [0, 0.1) is 6.92 Å². The SMILES string of the molecule is Cc1cccc(OC[C@@H](O)CNC(=O)c2cccc3cccnc23)c1. The maximum atomic E-state index is 12.4. The Morgan fingerprint density at radius 3 is 2.84 bits per heavy atom. The van der Waals surface area contributed by atoms with Crippen LogP contribution in [0.2, 0.25) is 0 Å². The molecule has 0 saturated carbocycles. The van der Waals surface area contributed by atoms with Gasteiger partial charge >= 0.3 is 0 Å². The molecule has 3 rings (SSSR count). The molecule has 5 heteroatoms. The van der Waals surface area contributed by atoms with Crippen LogP contribution in [0.15, 0.2) is 60.8 Å². The number of aryl methyl sites for hydroxylation is 1. The number of aliphatic hydroxyl groups excluding tert-OH is 1. The van der Waals surface area contributed by atoms with E-state index in [0.717, 1.165) is 10.9 Å². The van der Waals surface area contributed by atoms with E-state index >= 15 is 0 Å². The Hall–Kier alpha value is -2.92. The van der Waals surface area contributed by atoms with Crippen LogP contribution in [-0.4, -0.2) is 35.3 Å². The van der Waals surface area contributed by atoms with Gasteiger partial charge in [-0.3, -0.25) is 9.78 Å². The van der Waals surface area contributed by atoms with Crippen LogP contribution in [0.4, 0.5) is 0 Å². The van der Waals surface area contributed by atoms with Gasteiger partial charge < -0.3 is 15.2 Å². The summed E-state index contributed by atoms with van der Waals surface area (Å²) in [7, 11) is 0. The zero-order chi connectivity index (χ0) is 17.6. The van der Waals surface area contributed by atoms with Crippen molar-refractivity contribution in [2.45, 2.75) is 13.0 Å². The first-order valence-corrected chi connectivity index (χ1v) is 8.13. The van der Waals surface area contributed by atoms with E-state index in [1.807, 2.05) is 55.5 Å².